The minimum Gasteiger partial charge on any atom is -0.347 e. The molecular weight excluding hydrogens is 392 g/mol. The summed E-state index contributed by atoms with van der Waals surface area (Å²) in [7, 11) is -3.29. The average molecular weight is 413 g/mol. The van der Waals surface area contributed by atoms with Crippen LogP contribution >= 0.6 is 11.6 Å². The lowest BCUT2D eigenvalue weighted by Crippen LogP contribution is -2.45. The van der Waals surface area contributed by atoms with Gasteiger partial charge in [0.1, 0.15) is 0 Å². The molecule has 2 aromatic rings. The molecule has 1 saturated heterocycles. The second-order valence-corrected chi connectivity index (χ2v) is 8.97. The second kappa shape index (κ2) is 8.37. The molecule has 1 aromatic heterocycles. The number of amides is 1. The maximum absolute atomic E-state index is 12.4. The highest BCUT2D eigenvalue weighted by atomic mass is 35.5. The number of nitrogens with zero attached hydrogens (tertiary/aromatic N) is 3. The number of carbonyl (C=O) groups is 1. The molecule has 0 bridgehead atoms. The van der Waals surface area contributed by atoms with Crippen LogP contribution in [0.4, 0.5) is 0 Å². The van der Waals surface area contributed by atoms with E-state index in [0.717, 1.165) is 0 Å². The van der Waals surface area contributed by atoms with E-state index in [2.05, 4.69) is 15.5 Å². The molecule has 1 aliphatic heterocycles. The van der Waals surface area contributed by atoms with Crippen molar-refractivity contribution in [3.05, 3.63) is 35.2 Å². The molecule has 146 valence electrons. The predicted octanol–water partition coefficient (Wildman–Crippen LogP) is 2.07. The van der Waals surface area contributed by atoms with Crippen LogP contribution in [0.5, 0.6) is 0 Å². The van der Waals surface area contributed by atoms with Gasteiger partial charge in [0.15, 0.2) is 0 Å². The van der Waals surface area contributed by atoms with E-state index >= 15 is 0 Å². The van der Waals surface area contributed by atoms with E-state index in [9.17, 15) is 13.2 Å². The smallest absolute Gasteiger partial charge is 0.246 e. The van der Waals surface area contributed by atoms with Crippen LogP contribution < -0.4 is 5.32 Å². The van der Waals surface area contributed by atoms with Gasteiger partial charge in [0.05, 0.1) is 23.2 Å². The van der Waals surface area contributed by atoms with Crippen molar-refractivity contribution in [3.63, 3.8) is 0 Å². The number of hydrogen-bond donors (Lipinski definition) is 1. The van der Waals surface area contributed by atoms with Crippen molar-refractivity contribution in [2.75, 3.05) is 18.8 Å². The van der Waals surface area contributed by atoms with Crippen molar-refractivity contribution in [1.82, 2.24) is 19.8 Å². The summed E-state index contributed by atoms with van der Waals surface area (Å²) in [5.74, 6) is 0.0399. The molecule has 1 N–H and O–H groups in total. The molecule has 1 aromatic carbocycles. The molecule has 0 saturated carbocycles. The first kappa shape index (κ1) is 19.8. The summed E-state index contributed by atoms with van der Waals surface area (Å²) < 4.78 is 30.6. The summed E-state index contributed by atoms with van der Waals surface area (Å²) in [4.78, 5) is 16.7. The highest BCUT2D eigenvalue weighted by Crippen LogP contribution is 2.25. The molecule has 0 spiro atoms. The summed E-state index contributed by atoms with van der Waals surface area (Å²) in [6, 6.07) is 7.13. The van der Waals surface area contributed by atoms with Gasteiger partial charge in [0, 0.05) is 18.7 Å². The van der Waals surface area contributed by atoms with E-state index in [1.807, 2.05) is 6.07 Å². The predicted molar refractivity (Wildman–Crippen MR) is 100 cm³/mol. The first-order valence-electron chi connectivity index (χ1n) is 8.73. The van der Waals surface area contributed by atoms with Crippen molar-refractivity contribution in [1.29, 1.82) is 0 Å². The van der Waals surface area contributed by atoms with E-state index in [1.165, 1.54) is 4.31 Å². The van der Waals surface area contributed by atoms with Crippen molar-refractivity contribution in [2.45, 2.75) is 26.3 Å². The molecule has 8 nitrogen and oxygen atoms in total. The van der Waals surface area contributed by atoms with Gasteiger partial charge in [0.2, 0.25) is 27.6 Å². The number of hydrogen-bond acceptors (Lipinski definition) is 6. The Labute approximate surface area is 162 Å². The lowest BCUT2D eigenvalue weighted by Gasteiger charge is -2.30. The quantitative estimate of drug-likeness (QED) is 0.778. The molecule has 1 unspecified atom stereocenters. The largest absolute Gasteiger partial charge is 0.347 e. The van der Waals surface area contributed by atoms with Crippen LogP contribution in [0.25, 0.3) is 11.4 Å². The first-order chi connectivity index (χ1) is 12.9. The minimum atomic E-state index is -3.29. The summed E-state index contributed by atoms with van der Waals surface area (Å²) in [6.07, 6.45) is 1.31. The topological polar surface area (TPSA) is 105 Å². The molecule has 0 radical (unpaired) electrons. The van der Waals surface area contributed by atoms with Gasteiger partial charge in [-0.05, 0) is 31.9 Å². The molecule has 27 heavy (non-hydrogen) atoms. The van der Waals surface area contributed by atoms with Crippen LogP contribution in [0.2, 0.25) is 5.02 Å². The summed E-state index contributed by atoms with van der Waals surface area (Å²) in [5.41, 5.74) is 0.646. The van der Waals surface area contributed by atoms with Crippen LogP contribution in [-0.4, -0.2) is 47.6 Å². The molecule has 2 heterocycles. The number of carbonyl (C=O) groups excluding carboxylic acids is 1. The lowest BCUT2D eigenvalue weighted by atomic mass is 9.99. The van der Waals surface area contributed by atoms with Crippen LogP contribution in [0, 0.1) is 5.92 Å². The number of halogens is 1. The molecule has 0 aliphatic carbocycles. The average Bonchev–Trinajstić information content (AvgIpc) is 3.15. The number of piperidine rings is 1. The molecule has 10 heteroatoms. The van der Waals surface area contributed by atoms with Gasteiger partial charge in [-0.3, -0.25) is 4.79 Å². The highest BCUT2D eigenvalue weighted by molar-refractivity contribution is 7.89. The Bertz CT molecular complexity index is 915. The monoisotopic (exact) mass is 412 g/mol. The van der Waals surface area contributed by atoms with Crippen molar-refractivity contribution < 1.29 is 17.7 Å². The van der Waals surface area contributed by atoms with Gasteiger partial charge >= 0.3 is 0 Å². The number of sulfonamides is 1. The molecule has 1 atom stereocenters. The lowest BCUT2D eigenvalue weighted by molar-refractivity contribution is -0.126. The number of aromatic nitrogens is 2. The Hall–Kier alpha value is -1.97. The fraction of sp³-hybridized carbons (Fsp3) is 0.471. The minimum absolute atomic E-state index is 0.0359. The summed E-state index contributed by atoms with van der Waals surface area (Å²) >= 11 is 6.11. The van der Waals surface area contributed by atoms with Gasteiger partial charge < -0.3 is 9.84 Å². The van der Waals surface area contributed by atoms with Crippen LogP contribution in [-0.2, 0) is 21.4 Å². The Morgan fingerprint density at radius 1 is 1.41 bits per heavy atom. The van der Waals surface area contributed by atoms with Crippen LogP contribution in [0.15, 0.2) is 28.8 Å². The molecule has 1 aliphatic rings. The highest BCUT2D eigenvalue weighted by Gasteiger charge is 2.31. The van der Waals surface area contributed by atoms with Crippen molar-refractivity contribution >= 4 is 27.5 Å². The van der Waals surface area contributed by atoms with Gasteiger partial charge in [-0.15, -0.1) is 0 Å². The Balaban J connectivity index is 1.59. The molecule has 1 amide bonds. The number of rotatable bonds is 6. The third-order valence-electron chi connectivity index (χ3n) is 4.51. The van der Waals surface area contributed by atoms with E-state index in [1.54, 1.807) is 25.1 Å². The summed E-state index contributed by atoms with van der Waals surface area (Å²) in [6.45, 7) is 2.35. The second-order valence-electron chi connectivity index (χ2n) is 6.31. The normalized spacial score (nSPS) is 18.4. The Morgan fingerprint density at radius 3 is 2.93 bits per heavy atom. The van der Waals surface area contributed by atoms with Crippen molar-refractivity contribution in [3.8, 4) is 11.4 Å². The third kappa shape index (κ3) is 4.66. The first-order valence-corrected chi connectivity index (χ1v) is 10.7. The van der Waals surface area contributed by atoms with Gasteiger partial charge in [0.25, 0.3) is 0 Å². The SMILES string of the molecule is CCS(=O)(=O)N1CCCC(C(=O)NCc2nc(-c3ccccc3Cl)no2)C1. The Morgan fingerprint density at radius 2 is 2.19 bits per heavy atom. The molecule has 1 fully saturated rings. The number of benzene rings is 1. The third-order valence-corrected chi connectivity index (χ3v) is 6.69. The zero-order valence-corrected chi connectivity index (χ0v) is 16.5. The standard InChI is InChI=1S/C17H21ClN4O4S/c1-2-27(24,25)22-9-5-6-12(11-22)17(23)19-10-15-20-16(21-26-15)13-7-3-4-8-14(13)18/h3-4,7-8,12H,2,5-6,9-11H2,1H3,(H,19,23). The van der Waals surface area contributed by atoms with Crippen molar-refractivity contribution in [2.24, 2.45) is 5.92 Å². The number of nitrogens with one attached hydrogen (secondary N) is 1. The van der Waals surface area contributed by atoms with E-state index in [-0.39, 0.29) is 36.6 Å². The van der Waals surface area contributed by atoms with Crippen LogP contribution in [0.3, 0.4) is 0 Å². The fourth-order valence-corrected chi connectivity index (χ4v) is 4.38. The molecule has 3 rings (SSSR count). The zero-order valence-electron chi connectivity index (χ0n) is 14.9. The van der Waals surface area contributed by atoms with E-state index in [4.69, 9.17) is 16.1 Å². The Kier molecular flexibility index (Phi) is 6.13. The van der Waals surface area contributed by atoms with E-state index < -0.39 is 10.0 Å². The molecular formula is C17H21ClN4O4S. The maximum Gasteiger partial charge on any atom is 0.246 e. The van der Waals surface area contributed by atoms with Gasteiger partial charge in [-0.2, -0.15) is 4.98 Å². The maximum atomic E-state index is 12.4. The van der Waals surface area contributed by atoms with Gasteiger partial charge in [-0.25, -0.2) is 12.7 Å². The van der Waals surface area contributed by atoms with Crippen LogP contribution in [0.1, 0.15) is 25.7 Å². The fourth-order valence-electron chi connectivity index (χ4n) is 2.98. The summed E-state index contributed by atoms with van der Waals surface area (Å²) in [5, 5.41) is 7.14. The zero-order chi connectivity index (χ0) is 19.4. The van der Waals surface area contributed by atoms with Gasteiger partial charge in [-0.1, -0.05) is 28.9 Å². The van der Waals surface area contributed by atoms with E-state index in [0.29, 0.717) is 35.8 Å².